The lowest BCUT2D eigenvalue weighted by Gasteiger charge is -2.34. The summed E-state index contributed by atoms with van der Waals surface area (Å²) in [5, 5.41) is 9.00. The molecule has 1 aliphatic carbocycles. The van der Waals surface area contributed by atoms with E-state index in [1.807, 2.05) is 76.4 Å². The fourth-order valence-electron chi connectivity index (χ4n) is 10.1. The van der Waals surface area contributed by atoms with Gasteiger partial charge in [-0.3, -0.25) is 28.9 Å². The third-order valence-corrected chi connectivity index (χ3v) is 21.0. The van der Waals surface area contributed by atoms with Gasteiger partial charge in [0.05, 0.1) is 55.7 Å². The van der Waals surface area contributed by atoms with E-state index >= 15 is 0 Å². The molecule has 0 bridgehead atoms. The van der Waals surface area contributed by atoms with E-state index in [9.17, 15) is 24.0 Å². The molecule has 1 aliphatic heterocycles. The molecule has 1 saturated carbocycles. The summed E-state index contributed by atoms with van der Waals surface area (Å²) in [5.74, 6) is -1.53. The predicted octanol–water partition coefficient (Wildman–Crippen LogP) is 10.1. The van der Waals surface area contributed by atoms with Crippen molar-refractivity contribution in [1.82, 2.24) is 24.8 Å². The third kappa shape index (κ3) is 17.8. The fourth-order valence-corrected chi connectivity index (χ4v) is 19.1. The molecular weight excluding hydrogens is 907 g/mol. The number of nitrogens with zero attached hydrogens (tertiary/aromatic N) is 5. The van der Waals surface area contributed by atoms with Crippen LogP contribution in [0.4, 0.5) is 0 Å². The number of imide groups is 1. The molecule has 69 heavy (non-hydrogen) atoms. The van der Waals surface area contributed by atoms with Crippen molar-refractivity contribution in [1.29, 1.82) is 0 Å². The molecular formula is C53H85N5O9Si2. The summed E-state index contributed by atoms with van der Waals surface area (Å²) in [5.41, 5.74) is 0.711. The first-order chi connectivity index (χ1) is 32.9. The molecule has 1 aromatic carbocycles. The minimum Gasteiger partial charge on any atom is -0.466 e. The highest BCUT2D eigenvalue weighted by Crippen LogP contribution is 2.49. The number of likely N-dealkylation sites (tertiary alicyclic amines) is 1. The molecule has 14 nitrogen and oxygen atoms in total. The monoisotopic (exact) mass is 992 g/mol. The molecule has 2 aliphatic rings. The van der Waals surface area contributed by atoms with Crippen LogP contribution in [0.25, 0.3) is 0 Å². The highest BCUT2D eigenvalue weighted by atomic mass is 28.4. The van der Waals surface area contributed by atoms with E-state index in [4.69, 9.17) is 18.3 Å². The van der Waals surface area contributed by atoms with Crippen LogP contribution in [0.15, 0.2) is 60.8 Å². The summed E-state index contributed by atoms with van der Waals surface area (Å²) in [6.07, 6.45) is 17.3. The number of allylic oxidation sites excluding steroid dienone is 4. The first-order valence-electron chi connectivity index (χ1n) is 25.8. The SMILES string of the molecule is CC=CC1CC(C=CC)C2C(=O)N(CCCCCCN(Cc3cn(C(CC(C)(C)C(=O)OCC)c4ccccc4)nn3)C(=O)CCC(=O)OCCOCCC[Si](C)(C)O[Si](C)(C)CCCC)C(=O)C12. The van der Waals surface area contributed by atoms with Gasteiger partial charge in [-0.1, -0.05) is 92.5 Å². The second kappa shape index (κ2) is 28.0. The Morgan fingerprint density at radius 3 is 2.09 bits per heavy atom. The van der Waals surface area contributed by atoms with Crippen LogP contribution in [0.1, 0.15) is 129 Å². The van der Waals surface area contributed by atoms with Crippen molar-refractivity contribution < 1.29 is 42.3 Å². The minimum atomic E-state index is -1.79. The van der Waals surface area contributed by atoms with Gasteiger partial charge < -0.3 is 23.2 Å². The lowest BCUT2D eigenvalue weighted by Crippen LogP contribution is -2.44. The number of carbonyl (C=O) groups is 5. The number of ether oxygens (including phenoxy) is 3. The fraction of sp³-hybridized carbons (Fsp3) is 0.679. The number of hydrogen-bond acceptors (Lipinski definition) is 11. The van der Waals surface area contributed by atoms with Crippen molar-refractivity contribution in [2.45, 2.75) is 163 Å². The summed E-state index contributed by atoms with van der Waals surface area (Å²) in [7, 11) is -3.45. The number of benzene rings is 1. The van der Waals surface area contributed by atoms with E-state index in [2.05, 4.69) is 55.6 Å². The molecule has 0 spiro atoms. The molecule has 1 aromatic heterocycles. The molecule has 2 heterocycles. The minimum absolute atomic E-state index is 0.0320. The molecule has 3 amide bonds. The molecule has 2 fully saturated rings. The summed E-state index contributed by atoms with van der Waals surface area (Å²) >= 11 is 0. The average Bonchev–Trinajstić information content (AvgIpc) is 3.99. The maximum Gasteiger partial charge on any atom is 0.311 e. The van der Waals surface area contributed by atoms with Crippen molar-refractivity contribution in [3.63, 3.8) is 0 Å². The first kappa shape index (κ1) is 57.3. The van der Waals surface area contributed by atoms with Gasteiger partial charge in [-0.05, 0) is 122 Å². The Balaban J connectivity index is 1.33. The van der Waals surface area contributed by atoms with Gasteiger partial charge in [0.15, 0.2) is 16.6 Å². The van der Waals surface area contributed by atoms with Gasteiger partial charge in [0.1, 0.15) is 12.3 Å². The Morgan fingerprint density at radius 2 is 1.46 bits per heavy atom. The Kier molecular flexibility index (Phi) is 23.2. The van der Waals surface area contributed by atoms with Crippen molar-refractivity contribution in [3.8, 4) is 0 Å². The molecule has 1 saturated heterocycles. The van der Waals surface area contributed by atoms with Crippen molar-refractivity contribution in [2.75, 3.05) is 39.5 Å². The molecule has 4 rings (SSSR count). The Hall–Kier alpha value is -4.26. The lowest BCUT2D eigenvalue weighted by atomic mass is 9.83. The normalized spacial score (nSPS) is 19.2. The summed E-state index contributed by atoms with van der Waals surface area (Å²) in [6, 6.07) is 11.7. The number of hydrogen-bond donors (Lipinski definition) is 0. The topological polar surface area (TPSA) is 159 Å². The average molecular weight is 992 g/mol. The van der Waals surface area contributed by atoms with Crippen LogP contribution >= 0.6 is 0 Å². The molecule has 5 unspecified atom stereocenters. The van der Waals surface area contributed by atoms with Crippen LogP contribution in [0.3, 0.4) is 0 Å². The number of fused-ring (bicyclic) bond motifs is 1. The van der Waals surface area contributed by atoms with E-state index in [-0.39, 0.29) is 92.6 Å². The van der Waals surface area contributed by atoms with Crippen molar-refractivity contribution in [2.24, 2.45) is 29.1 Å². The zero-order valence-corrected chi connectivity index (χ0v) is 45.7. The van der Waals surface area contributed by atoms with Crippen LogP contribution in [0.2, 0.25) is 38.3 Å². The van der Waals surface area contributed by atoms with Gasteiger partial charge in [-0.15, -0.1) is 5.10 Å². The first-order valence-corrected chi connectivity index (χ1v) is 32.0. The Morgan fingerprint density at radius 1 is 0.826 bits per heavy atom. The van der Waals surface area contributed by atoms with E-state index in [0.29, 0.717) is 44.7 Å². The second-order valence-electron chi connectivity index (χ2n) is 20.8. The smallest absolute Gasteiger partial charge is 0.311 e. The zero-order chi connectivity index (χ0) is 50.6. The van der Waals surface area contributed by atoms with Crippen LogP contribution in [0.5, 0.6) is 0 Å². The highest BCUT2D eigenvalue weighted by Gasteiger charge is 2.57. The van der Waals surface area contributed by atoms with Crippen molar-refractivity contribution in [3.05, 3.63) is 72.1 Å². The van der Waals surface area contributed by atoms with Gasteiger partial charge in [0, 0.05) is 26.1 Å². The van der Waals surface area contributed by atoms with Gasteiger partial charge in [0.2, 0.25) is 17.7 Å². The quantitative estimate of drug-likeness (QED) is 0.0226. The van der Waals surface area contributed by atoms with E-state index in [1.165, 1.54) is 23.8 Å². The Labute approximate surface area is 415 Å². The maximum absolute atomic E-state index is 13.9. The largest absolute Gasteiger partial charge is 0.466 e. The van der Waals surface area contributed by atoms with Gasteiger partial charge in [-0.25, -0.2) is 4.68 Å². The van der Waals surface area contributed by atoms with Crippen LogP contribution in [0, 0.1) is 29.1 Å². The molecule has 0 N–H and O–H groups in total. The van der Waals surface area contributed by atoms with E-state index < -0.39 is 28.0 Å². The Bertz CT molecular complexity index is 1970. The highest BCUT2D eigenvalue weighted by molar-refractivity contribution is 6.84. The van der Waals surface area contributed by atoms with Gasteiger partial charge in [0.25, 0.3) is 0 Å². The third-order valence-electron chi connectivity index (χ3n) is 13.5. The molecule has 5 atom stereocenters. The summed E-state index contributed by atoms with van der Waals surface area (Å²) in [4.78, 5) is 70.1. The van der Waals surface area contributed by atoms with Crippen LogP contribution < -0.4 is 0 Å². The lowest BCUT2D eigenvalue weighted by molar-refractivity contribution is -0.154. The molecule has 16 heteroatoms. The zero-order valence-electron chi connectivity index (χ0n) is 43.7. The van der Waals surface area contributed by atoms with Crippen LogP contribution in [-0.2, 0) is 48.8 Å². The van der Waals surface area contributed by atoms with Crippen LogP contribution in [-0.4, -0.2) is 111 Å². The number of unbranched alkanes of at least 4 members (excludes halogenated alkanes) is 4. The number of esters is 2. The standard InChI is InChI=1S/C53H85N5O9Si2/c1-11-15-35-68(7,8)67-69(9,10)36-23-32-64-33-34-66-47(60)29-28-46(59)56(30-21-16-17-22-31-57-50(61)48-42(24-12-2)37-43(25-13-3)49(48)51(57)62)39-44-40-58(55-54-44)45(41-26-19-18-20-27-41)38-53(5,6)52(63)65-14-4/h12-13,18-20,24-27,40,42-43,45,48-49H,11,14-17,21-23,28-39H2,1-10H3. The number of amides is 3. The molecule has 0 radical (unpaired) electrons. The molecule has 2 aromatic rings. The van der Waals surface area contributed by atoms with Gasteiger partial charge >= 0.3 is 11.9 Å². The number of carbonyl (C=O) groups excluding carboxylic acids is 5. The van der Waals surface area contributed by atoms with Gasteiger partial charge in [-0.2, -0.15) is 0 Å². The van der Waals surface area contributed by atoms with E-state index in [1.54, 1.807) is 16.5 Å². The maximum atomic E-state index is 13.9. The predicted molar refractivity (Wildman–Crippen MR) is 275 cm³/mol. The van der Waals surface area contributed by atoms with E-state index in [0.717, 1.165) is 37.3 Å². The second-order valence-corrected chi connectivity index (χ2v) is 29.7. The van der Waals surface area contributed by atoms with Crippen molar-refractivity contribution >= 4 is 46.3 Å². The number of rotatable bonds is 32. The molecule has 384 valence electrons. The number of aromatic nitrogens is 3. The summed E-state index contributed by atoms with van der Waals surface area (Å²) in [6.45, 7) is 23.1. The summed E-state index contributed by atoms with van der Waals surface area (Å²) < 4.78 is 25.1.